The molecule has 0 bridgehead atoms. The number of carbonyl (C=O) groups is 1. The largest absolute Gasteiger partial charge is 0.444 e. The van der Waals surface area contributed by atoms with Gasteiger partial charge in [-0.05, 0) is 20.8 Å². The van der Waals surface area contributed by atoms with Gasteiger partial charge in [0.1, 0.15) is 18.5 Å². The van der Waals surface area contributed by atoms with E-state index in [4.69, 9.17) is 4.74 Å². The van der Waals surface area contributed by atoms with Crippen molar-refractivity contribution < 1.29 is 26.7 Å². The number of nitrogens with zero attached hydrogens (tertiary/aromatic N) is 6. The summed E-state index contributed by atoms with van der Waals surface area (Å²) in [7, 11) is -4.22. The van der Waals surface area contributed by atoms with Gasteiger partial charge in [0.2, 0.25) is 0 Å². The molecule has 2 aromatic heterocycles. The third-order valence-electron chi connectivity index (χ3n) is 3.53. The van der Waals surface area contributed by atoms with Crippen LogP contribution in [0.25, 0.3) is 0 Å². The monoisotopic (exact) mass is 404 g/mol. The molecule has 3 rings (SSSR count). The first-order valence-electron chi connectivity index (χ1n) is 7.94. The second-order valence-electron chi connectivity index (χ2n) is 6.96. The summed E-state index contributed by atoms with van der Waals surface area (Å²) >= 11 is 0. The Balaban J connectivity index is 1.76. The molecule has 0 spiro atoms. The van der Waals surface area contributed by atoms with Gasteiger partial charge in [-0.2, -0.15) is 17.6 Å². The van der Waals surface area contributed by atoms with Gasteiger partial charge in [-0.15, -0.1) is 5.10 Å². The molecule has 10 nitrogen and oxygen atoms in total. The summed E-state index contributed by atoms with van der Waals surface area (Å²) in [5.41, 5.74) is 0.288. The SMILES string of the molecule is CC(C)(C)OC(=O)N1Cc2cn(S(=O)(=O)c3ncn(CC(F)F)n3)nc2C1. The van der Waals surface area contributed by atoms with Crippen LogP contribution in [-0.2, 0) is 34.4 Å². The molecule has 0 unspecified atom stereocenters. The number of carbonyl (C=O) groups excluding carboxylic acids is 1. The van der Waals surface area contributed by atoms with E-state index < -0.39 is 39.8 Å². The van der Waals surface area contributed by atoms with Crippen molar-refractivity contribution in [3.05, 3.63) is 23.8 Å². The van der Waals surface area contributed by atoms with E-state index in [0.29, 0.717) is 15.3 Å². The van der Waals surface area contributed by atoms with Crippen molar-refractivity contribution in [1.29, 1.82) is 0 Å². The molecule has 1 aliphatic heterocycles. The molecule has 13 heteroatoms. The first kappa shape index (κ1) is 19.2. The van der Waals surface area contributed by atoms with Gasteiger partial charge in [0, 0.05) is 11.8 Å². The van der Waals surface area contributed by atoms with E-state index in [-0.39, 0.29) is 13.1 Å². The number of alkyl halides is 2. The highest BCUT2D eigenvalue weighted by molar-refractivity contribution is 7.89. The Morgan fingerprint density at radius 1 is 1.30 bits per heavy atom. The quantitative estimate of drug-likeness (QED) is 0.753. The van der Waals surface area contributed by atoms with E-state index in [9.17, 15) is 22.0 Å². The summed E-state index contributed by atoms with van der Waals surface area (Å²) in [4.78, 5) is 17.1. The fourth-order valence-electron chi connectivity index (χ4n) is 2.41. The topological polar surface area (TPSA) is 112 Å². The molecule has 0 atom stereocenters. The lowest BCUT2D eigenvalue weighted by molar-refractivity contribution is 0.0239. The molecule has 3 heterocycles. The zero-order valence-corrected chi connectivity index (χ0v) is 15.7. The summed E-state index contributed by atoms with van der Waals surface area (Å²) < 4.78 is 56.5. The van der Waals surface area contributed by atoms with Crippen LogP contribution >= 0.6 is 0 Å². The second kappa shape index (κ2) is 6.55. The van der Waals surface area contributed by atoms with Crippen LogP contribution in [0, 0.1) is 0 Å². The molecular formula is C14H18F2N6O4S. The molecule has 0 saturated carbocycles. The number of aromatic nitrogens is 5. The van der Waals surface area contributed by atoms with Gasteiger partial charge in [-0.25, -0.2) is 23.2 Å². The molecule has 148 valence electrons. The predicted octanol–water partition coefficient (Wildman–Crippen LogP) is 1.23. The van der Waals surface area contributed by atoms with Crippen molar-refractivity contribution >= 4 is 16.1 Å². The number of rotatable bonds is 4. The second-order valence-corrected chi connectivity index (χ2v) is 8.64. The fourth-order valence-corrected chi connectivity index (χ4v) is 3.44. The molecule has 1 amide bonds. The molecule has 1 aliphatic rings. The van der Waals surface area contributed by atoms with Crippen LogP contribution in [-0.4, -0.2) is 55.4 Å². The summed E-state index contributed by atoms with van der Waals surface area (Å²) in [6, 6.07) is 0. The molecule has 0 fully saturated rings. The lowest BCUT2D eigenvalue weighted by Gasteiger charge is -2.24. The highest BCUT2D eigenvalue weighted by Crippen LogP contribution is 2.24. The Bertz CT molecular complexity index is 939. The lowest BCUT2D eigenvalue weighted by atomic mass is 10.2. The number of hydrogen-bond acceptors (Lipinski definition) is 7. The maximum Gasteiger partial charge on any atom is 0.410 e. The molecule has 27 heavy (non-hydrogen) atoms. The van der Waals surface area contributed by atoms with Gasteiger partial charge in [0.15, 0.2) is 0 Å². The zero-order chi connectivity index (χ0) is 20.0. The van der Waals surface area contributed by atoms with E-state index in [0.717, 1.165) is 11.0 Å². The van der Waals surface area contributed by atoms with E-state index in [1.807, 2.05) is 0 Å². The molecule has 2 aromatic rings. The minimum atomic E-state index is -4.22. The van der Waals surface area contributed by atoms with Crippen molar-refractivity contribution in [3.63, 3.8) is 0 Å². The number of halogens is 2. The fraction of sp³-hybridized carbons (Fsp3) is 0.571. The van der Waals surface area contributed by atoms with Crippen LogP contribution in [0.4, 0.5) is 13.6 Å². The van der Waals surface area contributed by atoms with E-state index in [1.165, 1.54) is 11.1 Å². The Morgan fingerprint density at radius 2 is 2.00 bits per heavy atom. The van der Waals surface area contributed by atoms with Gasteiger partial charge in [0.25, 0.3) is 11.6 Å². The van der Waals surface area contributed by atoms with Gasteiger partial charge in [0.05, 0.1) is 18.8 Å². The smallest absolute Gasteiger partial charge is 0.410 e. The van der Waals surface area contributed by atoms with Crippen LogP contribution in [0.3, 0.4) is 0 Å². The van der Waals surface area contributed by atoms with Crippen LogP contribution in [0.15, 0.2) is 17.7 Å². The third kappa shape index (κ3) is 4.07. The highest BCUT2D eigenvalue weighted by Gasteiger charge is 2.33. The third-order valence-corrected chi connectivity index (χ3v) is 4.86. The average Bonchev–Trinajstić information content (AvgIpc) is 3.17. The van der Waals surface area contributed by atoms with E-state index in [1.54, 1.807) is 20.8 Å². The number of amides is 1. The standard InChI is InChI=1S/C14H18F2N6O4S/c1-14(2,3)26-13(23)20-4-9-5-22(18-10(9)6-20)27(24,25)12-17-8-21(19-12)7-11(15)16/h5,8,11H,4,6-7H2,1-3H3. The number of fused-ring (bicyclic) bond motifs is 1. The molecule has 0 aromatic carbocycles. The van der Waals surface area contributed by atoms with Gasteiger partial charge in [-0.3, -0.25) is 4.90 Å². The highest BCUT2D eigenvalue weighted by atomic mass is 32.2. The normalized spacial score (nSPS) is 14.7. The molecule has 0 aliphatic carbocycles. The Hall–Kier alpha value is -2.57. The van der Waals surface area contributed by atoms with Gasteiger partial charge < -0.3 is 4.74 Å². The van der Waals surface area contributed by atoms with Crippen LogP contribution in [0.5, 0.6) is 0 Å². The number of hydrogen-bond donors (Lipinski definition) is 0. The molecule has 0 N–H and O–H groups in total. The first-order valence-corrected chi connectivity index (χ1v) is 9.38. The first-order chi connectivity index (χ1) is 12.5. The van der Waals surface area contributed by atoms with Crippen LogP contribution in [0.1, 0.15) is 32.0 Å². The average molecular weight is 404 g/mol. The maximum absolute atomic E-state index is 12.5. The minimum Gasteiger partial charge on any atom is -0.444 e. The van der Waals surface area contributed by atoms with E-state index in [2.05, 4.69) is 15.2 Å². The molecule has 0 radical (unpaired) electrons. The van der Waals surface area contributed by atoms with Crippen LogP contribution < -0.4 is 0 Å². The van der Waals surface area contributed by atoms with Crippen molar-refractivity contribution in [2.45, 2.75) is 57.6 Å². The molecule has 0 saturated heterocycles. The van der Waals surface area contributed by atoms with Crippen molar-refractivity contribution in [3.8, 4) is 0 Å². The Kier molecular flexibility index (Phi) is 4.66. The van der Waals surface area contributed by atoms with Crippen molar-refractivity contribution in [2.24, 2.45) is 0 Å². The van der Waals surface area contributed by atoms with Gasteiger partial charge >= 0.3 is 16.1 Å². The molecular weight excluding hydrogens is 386 g/mol. The summed E-state index contributed by atoms with van der Waals surface area (Å²) in [5, 5.41) is 6.91. The minimum absolute atomic E-state index is 0.0972. The lowest BCUT2D eigenvalue weighted by Crippen LogP contribution is -2.33. The van der Waals surface area contributed by atoms with Crippen LogP contribution in [0.2, 0.25) is 0 Å². The summed E-state index contributed by atoms with van der Waals surface area (Å²) in [6.07, 6.45) is -1.04. The Labute approximate surface area is 153 Å². The number of ether oxygens (including phenoxy) is 1. The zero-order valence-electron chi connectivity index (χ0n) is 14.8. The summed E-state index contributed by atoms with van der Waals surface area (Å²) in [5.74, 6) is 0. The van der Waals surface area contributed by atoms with Crippen molar-refractivity contribution in [2.75, 3.05) is 0 Å². The van der Waals surface area contributed by atoms with Gasteiger partial charge in [-0.1, -0.05) is 0 Å². The summed E-state index contributed by atoms with van der Waals surface area (Å²) in [6.45, 7) is 4.71. The predicted molar refractivity (Wildman–Crippen MR) is 86.3 cm³/mol. The Morgan fingerprint density at radius 3 is 2.59 bits per heavy atom. The van der Waals surface area contributed by atoms with Crippen molar-refractivity contribution in [1.82, 2.24) is 28.9 Å². The van der Waals surface area contributed by atoms with E-state index >= 15 is 0 Å². The maximum atomic E-state index is 12.5.